The molecule has 0 N–H and O–H groups in total. The molecule has 0 aromatic carbocycles. The van der Waals surface area contributed by atoms with Crippen LogP contribution in [0.4, 0.5) is 0 Å². The quantitative estimate of drug-likeness (QED) is 0.128. The average Bonchev–Trinajstić information content (AvgIpc) is 2.71. The van der Waals surface area contributed by atoms with Crippen LogP contribution in [0.25, 0.3) is 0 Å². The lowest BCUT2D eigenvalue weighted by Gasteiger charge is -2.24. The van der Waals surface area contributed by atoms with E-state index in [-0.39, 0.29) is 0 Å². The Labute approximate surface area is 184 Å². The molecule has 170 valence electrons. The van der Waals surface area contributed by atoms with E-state index in [1.54, 1.807) is 0 Å². The number of hydrogen-bond donors (Lipinski definition) is 0. The molecule has 1 nitrogen and oxygen atoms in total. The van der Waals surface area contributed by atoms with Crippen molar-refractivity contribution in [3.8, 4) is 0 Å². The molecular formula is C28H53N. The topological polar surface area (TPSA) is 3.24 Å². The average molecular weight is 404 g/mol. The number of unbranched alkanes of at least 4 members (excludes halogenated alkanes) is 12. The minimum absolute atomic E-state index is 0.776. The molecule has 0 aliphatic carbocycles. The van der Waals surface area contributed by atoms with Gasteiger partial charge >= 0.3 is 0 Å². The van der Waals surface area contributed by atoms with Gasteiger partial charge in [-0.25, -0.2) is 0 Å². The third kappa shape index (κ3) is 21.7. The highest BCUT2D eigenvalue weighted by atomic mass is 15.1. The standard InChI is InChI=1S/C28H53N/c1-5-7-9-11-12-13-14-15-16-17-18-19-20-21-22-23-25-27-28(29(3)4)26-24-10-8-6-2/h6,12-13,15-16,28H,2,5,7-11,14,17-27H2,1,3-4H3. The second-order valence-corrected chi connectivity index (χ2v) is 8.92. The second-order valence-electron chi connectivity index (χ2n) is 8.92. The highest BCUT2D eigenvalue weighted by Gasteiger charge is 2.10. The Morgan fingerprint density at radius 3 is 1.66 bits per heavy atom. The van der Waals surface area contributed by atoms with E-state index in [2.05, 4.69) is 62.9 Å². The smallest absolute Gasteiger partial charge is 0.00891 e. The maximum atomic E-state index is 3.82. The summed E-state index contributed by atoms with van der Waals surface area (Å²) in [5, 5.41) is 0. The molecule has 0 aliphatic rings. The lowest BCUT2D eigenvalue weighted by molar-refractivity contribution is 0.252. The van der Waals surface area contributed by atoms with Crippen LogP contribution >= 0.6 is 0 Å². The van der Waals surface area contributed by atoms with Crippen molar-refractivity contribution in [2.24, 2.45) is 0 Å². The van der Waals surface area contributed by atoms with E-state index >= 15 is 0 Å². The minimum atomic E-state index is 0.776. The van der Waals surface area contributed by atoms with Crippen LogP contribution in [0.2, 0.25) is 0 Å². The van der Waals surface area contributed by atoms with Crippen molar-refractivity contribution < 1.29 is 0 Å². The van der Waals surface area contributed by atoms with Crippen LogP contribution in [-0.2, 0) is 0 Å². The van der Waals surface area contributed by atoms with Gasteiger partial charge in [-0.15, -0.1) is 6.58 Å². The first kappa shape index (κ1) is 28.2. The maximum Gasteiger partial charge on any atom is 0.00891 e. The predicted octanol–water partition coefficient (Wildman–Crippen LogP) is 9.26. The van der Waals surface area contributed by atoms with Crippen LogP contribution < -0.4 is 0 Å². The van der Waals surface area contributed by atoms with Crippen molar-refractivity contribution in [3.63, 3.8) is 0 Å². The van der Waals surface area contributed by atoms with Crippen molar-refractivity contribution in [1.82, 2.24) is 4.90 Å². The van der Waals surface area contributed by atoms with Gasteiger partial charge in [0.2, 0.25) is 0 Å². The Balaban J connectivity index is 3.42. The van der Waals surface area contributed by atoms with Crippen molar-refractivity contribution in [2.75, 3.05) is 14.1 Å². The van der Waals surface area contributed by atoms with Crippen LogP contribution in [0.1, 0.15) is 122 Å². The molecule has 0 saturated heterocycles. The van der Waals surface area contributed by atoms with E-state index in [1.807, 2.05) is 0 Å². The molecule has 0 heterocycles. The first-order chi connectivity index (χ1) is 14.2. The molecule has 1 heteroatoms. The summed E-state index contributed by atoms with van der Waals surface area (Å²) in [5.41, 5.74) is 0. The highest BCUT2D eigenvalue weighted by molar-refractivity contribution is 4.92. The molecule has 0 radical (unpaired) electrons. The fourth-order valence-corrected chi connectivity index (χ4v) is 3.87. The Morgan fingerprint density at radius 2 is 1.10 bits per heavy atom. The molecule has 0 fully saturated rings. The number of rotatable bonds is 22. The summed E-state index contributed by atoms with van der Waals surface area (Å²) in [7, 11) is 4.49. The summed E-state index contributed by atoms with van der Waals surface area (Å²) in [4.78, 5) is 2.43. The molecule has 0 saturated carbocycles. The molecular weight excluding hydrogens is 350 g/mol. The predicted molar refractivity (Wildman–Crippen MR) is 135 cm³/mol. The summed E-state index contributed by atoms with van der Waals surface area (Å²) in [6.45, 7) is 6.09. The SMILES string of the molecule is C=CCCCCC(CCCCCCCCCC=CCC=CCCCCC)N(C)C. The summed E-state index contributed by atoms with van der Waals surface area (Å²) < 4.78 is 0. The van der Waals surface area contributed by atoms with Crippen LogP contribution in [0, 0.1) is 0 Å². The summed E-state index contributed by atoms with van der Waals surface area (Å²) >= 11 is 0. The van der Waals surface area contributed by atoms with Gasteiger partial charge in [0.25, 0.3) is 0 Å². The van der Waals surface area contributed by atoms with Gasteiger partial charge in [-0.1, -0.05) is 95.1 Å². The number of hydrogen-bond acceptors (Lipinski definition) is 1. The number of allylic oxidation sites excluding steroid dienone is 5. The third-order valence-corrected chi connectivity index (χ3v) is 5.91. The van der Waals surface area contributed by atoms with Gasteiger partial charge in [-0.05, 0) is 71.9 Å². The first-order valence-electron chi connectivity index (χ1n) is 12.8. The molecule has 0 rings (SSSR count). The minimum Gasteiger partial charge on any atom is -0.306 e. The fourth-order valence-electron chi connectivity index (χ4n) is 3.87. The Morgan fingerprint density at radius 1 is 0.621 bits per heavy atom. The molecule has 0 aromatic rings. The van der Waals surface area contributed by atoms with Crippen molar-refractivity contribution >= 4 is 0 Å². The molecule has 29 heavy (non-hydrogen) atoms. The fraction of sp³-hybridized carbons (Fsp3) is 0.786. The normalized spacial score (nSPS) is 13.1. The zero-order chi connectivity index (χ0) is 21.4. The first-order valence-corrected chi connectivity index (χ1v) is 12.8. The Hall–Kier alpha value is -0.820. The Bertz CT molecular complexity index is 380. The number of nitrogens with zero attached hydrogens (tertiary/aromatic N) is 1. The molecule has 0 aliphatic heterocycles. The molecule has 1 unspecified atom stereocenters. The van der Waals surface area contributed by atoms with E-state index in [0.717, 1.165) is 12.5 Å². The van der Waals surface area contributed by atoms with Gasteiger partial charge in [0.1, 0.15) is 0 Å². The summed E-state index contributed by atoms with van der Waals surface area (Å²) in [5.74, 6) is 0. The van der Waals surface area contributed by atoms with Crippen LogP contribution in [0.3, 0.4) is 0 Å². The largest absolute Gasteiger partial charge is 0.306 e. The lowest BCUT2D eigenvalue weighted by Crippen LogP contribution is -2.27. The van der Waals surface area contributed by atoms with Crippen LogP contribution in [0.5, 0.6) is 0 Å². The zero-order valence-corrected chi connectivity index (χ0v) is 20.3. The van der Waals surface area contributed by atoms with Gasteiger partial charge in [-0.3, -0.25) is 0 Å². The zero-order valence-electron chi connectivity index (χ0n) is 20.3. The van der Waals surface area contributed by atoms with E-state index in [1.165, 1.54) is 109 Å². The van der Waals surface area contributed by atoms with E-state index in [4.69, 9.17) is 0 Å². The monoisotopic (exact) mass is 403 g/mol. The highest BCUT2D eigenvalue weighted by Crippen LogP contribution is 2.16. The van der Waals surface area contributed by atoms with E-state index < -0.39 is 0 Å². The van der Waals surface area contributed by atoms with E-state index in [9.17, 15) is 0 Å². The molecule has 0 bridgehead atoms. The van der Waals surface area contributed by atoms with Crippen molar-refractivity contribution in [1.29, 1.82) is 0 Å². The van der Waals surface area contributed by atoms with Gasteiger partial charge < -0.3 is 4.90 Å². The summed E-state index contributed by atoms with van der Waals surface area (Å²) in [6.07, 6.45) is 35.5. The van der Waals surface area contributed by atoms with Gasteiger partial charge in [0, 0.05) is 6.04 Å². The Kier molecular flexibility index (Phi) is 22.8. The van der Waals surface area contributed by atoms with Gasteiger partial charge in [0.15, 0.2) is 0 Å². The molecule has 0 amide bonds. The maximum absolute atomic E-state index is 3.82. The van der Waals surface area contributed by atoms with Crippen LogP contribution in [0.15, 0.2) is 37.0 Å². The van der Waals surface area contributed by atoms with Crippen molar-refractivity contribution in [3.05, 3.63) is 37.0 Å². The lowest BCUT2D eigenvalue weighted by atomic mass is 10.00. The van der Waals surface area contributed by atoms with Gasteiger partial charge in [-0.2, -0.15) is 0 Å². The van der Waals surface area contributed by atoms with Crippen molar-refractivity contribution in [2.45, 2.75) is 129 Å². The molecule has 1 atom stereocenters. The molecule has 0 aromatic heterocycles. The third-order valence-electron chi connectivity index (χ3n) is 5.91. The van der Waals surface area contributed by atoms with E-state index in [0.29, 0.717) is 0 Å². The summed E-state index contributed by atoms with van der Waals surface area (Å²) in [6, 6.07) is 0.776. The van der Waals surface area contributed by atoms with Gasteiger partial charge in [0.05, 0.1) is 0 Å². The van der Waals surface area contributed by atoms with Crippen LogP contribution in [-0.4, -0.2) is 25.0 Å². The second kappa shape index (κ2) is 23.5. The molecule has 0 spiro atoms.